The summed E-state index contributed by atoms with van der Waals surface area (Å²) in [6.07, 6.45) is 1.82. The minimum Gasteiger partial charge on any atom is -0.495 e. The molecule has 0 bridgehead atoms. The number of rotatable bonds is 6. The highest BCUT2D eigenvalue weighted by atomic mass is 32.2. The summed E-state index contributed by atoms with van der Waals surface area (Å²) in [6.45, 7) is 2.91. The van der Waals surface area contributed by atoms with Crippen LogP contribution < -0.4 is 14.4 Å². The van der Waals surface area contributed by atoms with E-state index in [2.05, 4.69) is 9.71 Å². The lowest BCUT2D eigenvalue weighted by atomic mass is 10.2. The van der Waals surface area contributed by atoms with Gasteiger partial charge in [-0.3, -0.25) is 0 Å². The Morgan fingerprint density at radius 2 is 2.11 bits per heavy atom. The van der Waals surface area contributed by atoms with E-state index in [0.29, 0.717) is 11.8 Å². The van der Waals surface area contributed by atoms with Gasteiger partial charge < -0.3 is 14.1 Å². The van der Waals surface area contributed by atoms with Gasteiger partial charge in [-0.05, 0) is 49.6 Å². The van der Waals surface area contributed by atoms with Crippen molar-refractivity contribution in [3.05, 3.63) is 48.0 Å². The number of hydrogen-bond acceptors (Lipinski definition) is 6. The molecule has 1 aliphatic heterocycles. The Kier molecular flexibility index (Phi) is 4.99. The zero-order chi connectivity index (χ0) is 19.7. The molecule has 1 N–H and O–H groups in total. The molecule has 0 spiro atoms. The number of sulfonamides is 1. The number of nitrogens with zero attached hydrogens (tertiary/aromatic N) is 2. The highest BCUT2D eigenvalue weighted by Gasteiger charge is 2.30. The number of methoxy groups -OCH3 is 1. The summed E-state index contributed by atoms with van der Waals surface area (Å²) in [5.74, 6) is 0.334. The Balaban J connectivity index is 1.53. The molecule has 0 saturated carbocycles. The van der Waals surface area contributed by atoms with Crippen molar-refractivity contribution in [2.75, 3.05) is 25.1 Å². The number of hydrogen-bond donors (Lipinski definition) is 1. The third-order valence-electron chi connectivity index (χ3n) is 5.02. The van der Waals surface area contributed by atoms with E-state index in [4.69, 9.17) is 9.15 Å². The summed E-state index contributed by atoms with van der Waals surface area (Å²) < 4.78 is 39.5. The third kappa shape index (κ3) is 3.57. The van der Waals surface area contributed by atoms with Crippen molar-refractivity contribution in [2.24, 2.45) is 0 Å². The van der Waals surface area contributed by atoms with Gasteiger partial charge in [-0.25, -0.2) is 13.1 Å². The smallest absolute Gasteiger partial charge is 0.298 e. The Morgan fingerprint density at radius 3 is 2.89 bits per heavy atom. The second kappa shape index (κ2) is 7.44. The summed E-state index contributed by atoms with van der Waals surface area (Å²) in [5.41, 5.74) is 2.39. The Morgan fingerprint density at radius 1 is 1.29 bits per heavy atom. The first-order valence-electron chi connectivity index (χ1n) is 9.24. The molecule has 0 aliphatic carbocycles. The van der Waals surface area contributed by atoms with Crippen molar-refractivity contribution < 1.29 is 17.6 Å². The van der Waals surface area contributed by atoms with Crippen molar-refractivity contribution in [3.8, 4) is 5.75 Å². The zero-order valence-electron chi connectivity index (χ0n) is 15.9. The second-order valence-electron chi connectivity index (χ2n) is 6.96. The van der Waals surface area contributed by atoms with Gasteiger partial charge in [-0.1, -0.05) is 18.2 Å². The summed E-state index contributed by atoms with van der Waals surface area (Å²) in [5, 5.41) is 0. The van der Waals surface area contributed by atoms with E-state index in [9.17, 15) is 8.42 Å². The number of ether oxygens (including phenoxy) is 1. The highest BCUT2D eigenvalue weighted by molar-refractivity contribution is 7.89. The van der Waals surface area contributed by atoms with Gasteiger partial charge in [0.15, 0.2) is 5.58 Å². The average molecular weight is 401 g/mol. The third-order valence-corrected chi connectivity index (χ3v) is 6.47. The first kappa shape index (κ1) is 18.8. The molecule has 148 valence electrons. The van der Waals surface area contributed by atoms with E-state index >= 15 is 0 Å². The molecule has 1 aromatic heterocycles. The van der Waals surface area contributed by atoms with Gasteiger partial charge in [0.25, 0.3) is 6.01 Å². The predicted molar refractivity (Wildman–Crippen MR) is 107 cm³/mol. The fourth-order valence-electron chi connectivity index (χ4n) is 3.56. The number of para-hydroxylation sites is 2. The van der Waals surface area contributed by atoms with Crippen LogP contribution >= 0.6 is 0 Å². The van der Waals surface area contributed by atoms with E-state index in [1.165, 1.54) is 7.11 Å². The normalized spacial score (nSPS) is 17.4. The van der Waals surface area contributed by atoms with Crippen LogP contribution in [-0.2, 0) is 10.0 Å². The lowest BCUT2D eigenvalue weighted by Gasteiger charge is -2.23. The first-order chi connectivity index (χ1) is 13.5. The topological polar surface area (TPSA) is 84.7 Å². The highest BCUT2D eigenvalue weighted by Crippen LogP contribution is 2.29. The molecule has 0 amide bonds. The maximum absolute atomic E-state index is 12.9. The Hall–Kier alpha value is -2.58. The standard InChI is InChI=1S/C20H23N3O4S/c1-14-9-10-18(26-2)19(12-14)28(24,25)21-13-15-6-5-11-23(15)20-22-16-7-3-4-8-17(16)27-20/h3-4,7-10,12,15,21H,5-6,11,13H2,1-2H3. The van der Waals surface area contributed by atoms with Crippen LogP contribution in [0.2, 0.25) is 0 Å². The van der Waals surface area contributed by atoms with Crippen molar-refractivity contribution in [3.63, 3.8) is 0 Å². The van der Waals surface area contributed by atoms with Gasteiger partial charge in [0.1, 0.15) is 16.2 Å². The van der Waals surface area contributed by atoms with Crippen molar-refractivity contribution in [1.29, 1.82) is 0 Å². The Labute approximate surface area is 164 Å². The van der Waals surface area contributed by atoms with Crippen LogP contribution in [0.15, 0.2) is 51.8 Å². The molecule has 1 atom stereocenters. The molecule has 1 unspecified atom stereocenters. The maximum Gasteiger partial charge on any atom is 0.298 e. The number of benzene rings is 2. The lowest BCUT2D eigenvalue weighted by Crippen LogP contribution is -2.40. The van der Waals surface area contributed by atoms with Crippen LogP contribution in [0, 0.1) is 6.92 Å². The van der Waals surface area contributed by atoms with E-state index in [-0.39, 0.29) is 17.5 Å². The van der Waals surface area contributed by atoms with Crippen LogP contribution in [0.1, 0.15) is 18.4 Å². The largest absolute Gasteiger partial charge is 0.495 e. The summed E-state index contributed by atoms with van der Waals surface area (Å²) in [6, 6.07) is 13.2. The van der Waals surface area contributed by atoms with Gasteiger partial charge in [0.2, 0.25) is 10.0 Å². The number of nitrogens with one attached hydrogen (secondary N) is 1. The molecule has 2 aromatic carbocycles. The summed E-state index contributed by atoms with van der Waals surface area (Å²) in [7, 11) is -2.23. The van der Waals surface area contributed by atoms with Crippen LogP contribution in [0.4, 0.5) is 6.01 Å². The maximum atomic E-state index is 12.9. The SMILES string of the molecule is COc1ccc(C)cc1S(=O)(=O)NCC1CCCN1c1nc2ccccc2o1. The number of fused-ring (bicyclic) bond motifs is 1. The van der Waals surface area contributed by atoms with Gasteiger partial charge in [0.05, 0.1) is 7.11 Å². The average Bonchev–Trinajstić information content (AvgIpc) is 3.32. The molecule has 1 fully saturated rings. The quantitative estimate of drug-likeness (QED) is 0.683. The van der Waals surface area contributed by atoms with E-state index in [0.717, 1.165) is 36.0 Å². The molecule has 4 rings (SSSR count). The molecule has 2 heterocycles. The van der Waals surface area contributed by atoms with Gasteiger partial charge >= 0.3 is 0 Å². The van der Waals surface area contributed by atoms with Crippen molar-refractivity contribution in [2.45, 2.75) is 30.7 Å². The number of anilines is 1. The lowest BCUT2D eigenvalue weighted by molar-refractivity contribution is 0.402. The van der Waals surface area contributed by atoms with E-state index in [1.54, 1.807) is 12.1 Å². The van der Waals surface area contributed by atoms with Crippen LogP contribution in [-0.4, -0.2) is 39.6 Å². The fraction of sp³-hybridized carbons (Fsp3) is 0.350. The van der Waals surface area contributed by atoms with Gasteiger partial charge in [-0.15, -0.1) is 0 Å². The molecular formula is C20H23N3O4S. The summed E-state index contributed by atoms with van der Waals surface area (Å²) in [4.78, 5) is 6.74. The molecule has 1 aliphatic rings. The predicted octanol–water partition coefficient (Wildman–Crippen LogP) is 3.09. The molecule has 28 heavy (non-hydrogen) atoms. The fourth-order valence-corrected chi connectivity index (χ4v) is 4.88. The van der Waals surface area contributed by atoms with Crippen LogP contribution in [0.25, 0.3) is 11.1 Å². The minimum atomic E-state index is -3.70. The van der Waals surface area contributed by atoms with Crippen molar-refractivity contribution >= 4 is 27.1 Å². The Bertz CT molecular complexity index is 1060. The molecule has 8 heteroatoms. The number of aryl methyl sites for hydroxylation is 1. The molecule has 7 nitrogen and oxygen atoms in total. The minimum absolute atomic E-state index is 0.0151. The second-order valence-corrected chi connectivity index (χ2v) is 8.70. The van der Waals surface area contributed by atoms with Crippen LogP contribution in [0.3, 0.4) is 0 Å². The zero-order valence-corrected chi connectivity index (χ0v) is 16.7. The van der Waals surface area contributed by atoms with Gasteiger partial charge in [0, 0.05) is 19.1 Å². The van der Waals surface area contributed by atoms with E-state index in [1.807, 2.05) is 42.2 Å². The molecule has 1 saturated heterocycles. The van der Waals surface area contributed by atoms with Crippen molar-refractivity contribution in [1.82, 2.24) is 9.71 Å². The summed E-state index contributed by atoms with van der Waals surface area (Å²) >= 11 is 0. The molecular weight excluding hydrogens is 378 g/mol. The number of aromatic nitrogens is 1. The van der Waals surface area contributed by atoms with E-state index < -0.39 is 10.0 Å². The monoisotopic (exact) mass is 401 g/mol. The molecule has 0 radical (unpaired) electrons. The number of oxazole rings is 1. The molecule has 3 aromatic rings. The van der Waals surface area contributed by atoms with Crippen LogP contribution in [0.5, 0.6) is 5.75 Å². The first-order valence-corrected chi connectivity index (χ1v) is 10.7. The van der Waals surface area contributed by atoms with Gasteiger partial charge in [-0.2, -0.15) is 4.98 Å².